The van der Waals surface area contributed by atoms with Gasteiger partial charge in [0.1, 0.15) is 0 Å². The molecule has 1 aliphatic carbocycles. The Morgan fingerprint density at radius 2 is 1.67 bits per heavy atom. The van der Waals surface area contributed by atoms with Crippen molar-refractivity contribution >= 4 is 11.9 Å². The molecule has 2 aromatic carbocycles. The highest BCUT2D eigenvalue weighted by atomic mass is 16.5. The van der Waals surface area contributed by atoms with Crippen LogP contribution in [0.15, 0.2) is 48.5 Å². The van der Waals surface area contributed by atoms with Crippen LogP contribution in [-0.4, -0.2) is 38.2 Å². The molecule has 0 amide bonds. The summed E-state index contributed by atoms with van der Waals surface area (Å²) in [5, 5.41) is 3.15. The van der Waals surface area contributed by atoms with Gasteiger partial charge in [-0.05, 0) is 29.2 Å². The van der Waals surface area contributed by atoms with Gasteiger partial charge in [-0.1, -0.05) is 54.5 Å². The van der Waals surface area contributed by atoms with Crippen molar-refractivity contribution in [2.75, 3.05) is 20.3 Å². The Morgan fingerprint density at radius 1 is 1.07 bits per heavy atom. The van der Waals surface area contributed by atoms with Crippen LogP contribution in [0.5, 0.6) is 0 Å². The van der Waals surface area contributed by atoms with Crippen LogP contribution in [0, 0.1) is 11.8 Å². The summed E-state index contributed by atoms with van der Waals surface area (Å²) >= 11 is 0. The van der Waals surface area contributed by atoms with E-state index in [9.17, 15) is 9.59 Å². The predicted octanol–water partition coefficient (Wildman–Crippen LogP) is 2.50. The van der Waals surface area contributed by atoms with E-state index in [1.165, 1.54) is 7.11 Å². The van der Waals surface area contributed by atoms with E-state index in [1.54, 1.807) is 6.92 Å². The first-order chi connectivity index (χ1) is 13.2. The van der Waals surface area contributed by atoms with Gasteiger partial charge in [-0.2, -0.15) is 0 Å². The first-order valence-electron chi connectivity index (χ1n) is 8.82. The van der Waals surface area contributed by atoms with Crippen LogP contribution < -0.4 is 5.32 Å². The molecule has 1 aliphatic rings. The van der Waals surface area contributed by atoms with Gasteiger partial charge < -0.3 is 9.47 Å². The topological polar surface area (TPSA) is 64.6 Å². The second-order valence-electron chi connectivity index (χ2n) is 6.08. The Balaban J connectivity index is 1.99. The predicted molar refractivity (Wildman–Crippen MR) is 102 cm³/mol. The average molecular weight is 363 g/mol. The van der Waals surface area contributed by atoms with E-state index in [1.807, 2.05) is 24.3 Å². The van der Waals surface area contributed by atoms with E-state index < -0.39 is 12.0 Å². The lowest BCUT2D eigenvalue weighted by atomic mass is 9.89. The SMILES string of the molecule is CCOC(=O)CNC(C#CC(=O)OC)C1c2ccccc2-c2ccccc21. The quantitative estimate of drug-likeness (QED) is 0.502. The molecule has 0 aromatic heterocycles. The second kappa shape index (κ2) is 8.52. The minimum Gasteiger partial charge on any atom is -0.465 e. The Kier molecular flexibility index (Phi) is 5.90. The highest BCUT2D eigenvalue weighted by molar-refractivity contribution is 5.88. The van der Waals surface area contributed by atoms with Gasteiger partial charge in [-0.25, -0.2) is 4.79 Å². The van der Waals surface area contributed by atoms with Gasteiger partial charge in [0.05, 0.1) is 26.3 Å². The minimum absolute atomic E-state index is 0.00912. The molecule has 1 unspecified atom stereocenters. The number of hydrogen-bond acceptors (Lipinski definition) is 5. The molecule has 0 saturated heterocycles. The summed E-state index contributed by atoms with van der Waals surface area (Å²) in [5.41, 5.74) is 4.50. The summed E-state index contributed by atoms with van der Waals surface area (Å²) < 4.78 is 9.63. The molecule has 1 N–H and O–H groups in total. The van der Waals surface area contributed by atoms with Crippen molar-refractivity contribution in [2.24, 2.45) is 0 Å². The molecule has 0 bridgehead atoms. The summed E-state index contributed by atoms with van der Waals surface area (Å²) in [5.74, 6) is 4.37. The molecule has 0 spiro atoms. The van der Waals surface area contributed by atoms with Crippen LogP contribution in [0.3, 0.4) is 0 Å². The van der Waals surface area contributed by atoms with E-state index in [2.05, 4.69) is 46.2 Å². The van der Waals surface area contributed by atoms with Gasteiger partial charge in [0.25, 0.3) is 0 Å². The van der Waals surface area contributed by atoms with Gasteiger partial charge in [-0.3, -0.25) is 10.1 Å². The number of benzene rings is 2. The smallest absolute Gasteiger partial charge is 0.384 e. The van der Waals surface area contributed by atoms with Gasteiger partial charge in [-0.15, -0.1) is 0 Å². The van der Waals surface area contributed by atoms with E-state index in [4.69, 9.17) is 4.74 Å². The number of ether oxygens (including phenoxy) is 2. The summed E-state index contributed by atoms with van der Waals surface area (Å²) in [6, 6.07) is 15.8. The molecule has 1 atom stereocenters. The molecule has 0 heterocycles. The lowest BCUT2D eigenvalue weighted by molar-refractivity contribution is -0.142. The molecule has 5 nitrogen and oxygen atoms in total. The number of hydrogen-bond donors (Lipinski definition) is 1. The molecule has 27 heavy (non-hydrogen) atoms. The maximum Gasteiger partial charge on any atom is 0.384 e. The monoisotopic (exact) mass is 363 g/mol. The minimum atomic E-state index is -0.613. The van der Waals surface area contributed by atoms with Crippen molar-refractivity contribution in [3.8, 4) is 23.0 Å². The van der Waals surface area contributed by atoms with Gasteiger partial charge in [0.2, 0.25) is 0 Å². The fourth-order valence-electron chi connectivity index (χ4n) is 3.40. The molecule has 3 rings (SSSR count). The standard InChI is InChI=1S/C22H21NO4/c1-3-27-21(25)14-23-19(12-13-20(24)26-2)22-17-10-6-4-8-15(17)16-9-5-7-11-18(16)22/h4-11,19,22-23H,3,14H2,1-2H3. The second-order valence-corrected chi connectivity index (χ2v) is 6.08. The molecule has 0 fully saturated rings. The van der Waals surface area contributed by atoms with Gasteiger partial charge in [0.15, 0.2) is 0 Å². The third kappa shape index (κ3) is 4.02. The number of esters is 2. The van der Waals surface area contributed by atoms with E-state index in [-0.39, 0.29) is 18.4 Å². The number of rotatable bonds is 5. The van der Waals surface area contributed by atoms with Crippen molar-refractivity contribution in [3.05, 3.63) is 59.7 Å². The Hall–Kier alpha value is -3.10. The van der Waals surface area contributed by atoms with E-state index in [0.29, 0.717) is 6.61 Å². The maximum absolute atomic E-state index is 11.8. The molecular weight excluding hydrogens is 342 g/mol. The molecular formula is C22H21NO4. The van der Waals surface area contributed by atoms with Crippen molar-refractivity contribution in [1.29, 1.82) is 0 Å². The van der Waals surface area contributed by atoms with Crippen LogP contribution in [-0.2, 0) is 19.1 Å². The normalized spacial score (nSPS) is 13.0. The Labute approximate surface area is 158 Å². The van der Waals surface area contributed by atoms with E-state index >= 15 is 0 Å². The highest BCUT2D eigenvalue weighted by Crippen LogP contribution is 2.45. The van der Waals surface area contributed by atoms with Gasteiger partial charge in [0, 0.05) is 11.8 Å². The fraction of sp³-hybridized carbons (Fsp3) is 0.273. The third-order valence-electron chi connectivity index (χ3n) is 4.50. The van der Waals surface area contributed by atoms with Crippen LogP contribution in [0.25, 0.3) is 11.1 Å². The van der Waals surface area contributed by atoms with Crippen LogP contribution in [0.4, 0.5) is 0 Å². The summed E-state index contributed by atoms with van der Waals surface area (Å²) in [6.07, 6.45) is 0. The fourth-order valence-corrected chi connectivity index (χ4v) is 3.40. The first-order valence-corrected chi connectivity index (χ1v) is 8.82. The number of carbonyl (C=O) groups is 2. The highest BCUT2D eigenvalue weighted by Gasteiger charge is 2.33. The molecule has 2 aromatic rings. The molecule has 0 radical (unpaired) electrons. The lowest BCUT2D eigenvalue weighted by Gasteiger charge is -2.22. The number of carbonyl (C=O) groups excluding carboxylic acids is 2. The summed E-state index contributed by atoms with van der Waals surface area (Å²) in [7, 11) is 1.29. The molecule has 0 saturated carbocycles. The first kappa shape index (κ1) is 18.7. The molecule has 0 aliphatic heterocycles. The van der Waals surface area contributed by atoms with Gasteiger partial charge >= 0.3 is 11.9 Å². The zero-order valence-corrected chi connectivity index (χ0v) is 15.3. The van der Waals surface area contributed by atoms with Crippen LogP contribution >= 0.6 is 0 Å². The lowest BCUT2D eigenvalue weighted by Crippen LogP contribution is -2.38. The number of fused-ring (bicyclic) bond motifs is 3. The maximum atomic E-state index is 11.8. The van der Waals surface area contributed by atoms with Crippen molar-refractivity contribution in [1.82, 2.24) is 5.32 Å². The van der Waals surface area contributed by atoms with Crippen molar-refractivity contribution < 1.29 is 19.1 Å². The Bertz CT molecular complexity index is 864. The third-order valence-corrected chi connectivity index (χ3v) is 4.50. The van der Waals surface area contributed by atoms with Crippen LogP contribution in [0.2, 0.25) is 0 Å². The number of methoxy groups -OCH3 is 1. The summed E-state index contributed by atoms with van der Waals surface area (Å²) in [4.78, 5) is 23.4. The van der Waals surface area contributed by atoms with Crippen molar-refractivity contribution in [3.63, 3.8) is 0 Å². The summed E-state index contributed by atoms with van der Waals surface area (Å²) in [6.45, 7) is 2.08. The average Bonchev–Trinajstić information content (AvgIpc) is 3.03. The largest absolute Gasteiger partial charge is 0.465 e. The van der Waals surface area contributed by atoms with Crippen LogP contribution in [0.1, 0.15) is 24.0 Å². The number of nitrogens with one attached hydrogen (secondary N) is 1. The zero-order valence-electron chi connectivity index (χ0n) is 15.3. The molecule has 138 valence electrons. The van der Waals surface area contributed by atoms with E-state index in [0.717, 1.165) is 22.3 Å². The van der Waals surface area contributed by atoms with Crippen molar-refractivity contribution in [2.45, 2.75) is 18.9 Å². The Morgan fingerprint density at radius 3 is 2.22 bits per heavy atom. The molecule has 5 heteroatoms. The zero-order chi connectivity index (χ0) is 19.2.